The van der Waals surface area contributed by atoms with Crippen LogP contribution in [0.4, 0.5) is 14.9 Å². The number of carbonyl (C=O) groups is 1. The van der Waals surface area contributed by atoms with E-state index in [-0.39, 0.29) is 12.4 Å². The van der Waals surface area contributed by atoms with Gasteiger partial charge in [-0.3, -0.25) is 9.08 Å². The van der Waals surface area contributed by atoms with Gasteiger partial charge >= 0.3 is 6.03 Å². The van der Waals surface area contributed by atoms with Gasteiger partial charge in [-0.05, 0) is 24.2 Å². The zero-order valence-corrected chi connectivity index (χ0v) is 9.88. The van der Waals surface area contributed by atoms with Crippen LogP contribution in [0.5, 0.6) is 0 Å². The molecule has 0 bridgehead atoms. The second kappa shape index (κ2) is 6.34. The van der Waals surface area contributed by atoms with Gasteiger partial charge in [0.2, 0.25) is 0 Å². The van der Waals surface area contributed by atoms with Gasteiger partial charge < -0.3 is 5.32 Å². The van der Waals surface area contributed by atoms with Crippen LogP contribution in [0, 0.1) is 5.82 Å². The van der Waals surface area contributed by atoms with Crippen molar-refractivity contribution in [3.63, 3.8) is 0 Å². The van der Waals surface area contributed by atoms with Crippen molar-refractivity contribution in [2.24, 2.45) is 0 Å². The molecule has 16 heavy (non-hydrogen) atoms. The Balaban J connectivity index is 2.92. The van der Waals surface area contributed by atoms with E-state index in [4.69, 9.17) is 4.18 Å². The Morgan fingerprint density at radius 3 is 2.81 bits per heavy atom. The highest BCUT2D eigenvalue weighted by molar-refractivity contribution is 7.93. The Morgan fingerprint density at radius 2 is 2.25 bits per heavy atom. The predicted octanol–water partition coefficient (Wildman–Crippen LogP) is 2.22. The maximum atomic E-state index is 13.5. The first-order valence-corrected chi connectivity index (χ1v) is 5.75. The van der Waals surface area contributed by atoms with Crippen LogP contribution in [-0.4, -0.2) is 26.1 Å². The molecule has 0 aromatic heterocycles. The van der Waals surface area contributed by atoms with Crippen molar-refractivity contribution >= 4 is 23.8 Å². The first-order chi connectivity index (χ1) is 7.70. The largest absolute Gasteiger partial charge is 0.341 e. The average molecular weight is 244 g/mol. The minimum Gasteiger partial charge on any atom is -0.341 e. The molecule has 0 aliphatic heterocycles. The number of nitrogens with zero attached hydrogens (tertiary/aromatic N) is 1. The van der Waals surface area contributed by atoms with Crippen molar-refractivity contribution in [1.29, 1.82) is 0 Å². The van der Waals surface area contributed by atoms with E-state index < -0.39 is 11.8 Å². The van der Waals surface area contributed by atoms with Crippen LogP contribution in [0.2, 0.25) is 0 Å². The van der Waals surface area contributed by atoms with Crippen LogP contribution in [0.15, 0.2) is 24.3 Å². The standard InChI is InChI=1S/C10H13FN2O2S/c1-12-10(14)13(7-15-16-2)9-6-4-3-5-8(9)11/h3-6H,7H2,1-2H3,(H,12,14). The maximum Gasteiger partial charge on any atom is 0.323 e. The molecule has 0 spiro atoms. The normalized spacial score (nSPS) is 9.94. The van der Waals surface area contributed by atoms with Crippen molar-refractivity contribution in [3.05, 3.63) is 30.1 Å². The zero-order valence-electron chi connectivity index (χ0n) is 9.07. The van der Waals surface area contributed by atoms with Crippen molar-refractivity contribution in [2.75, 3.05) is 24.9 Å². The van der Waals surface area contributed by atoms with Gasteiger partial charge in [0.15, 0.2) is 0 Å². The summed E-state index contributed by atoms with van der Waals surface area (Å²) in [6.07, 6.45) is 1.73. The summed E-state index contributed by atoms with van der Waals surface area (Å²) in [4.78, 5) is 12.7. The van der Waals surface area contributed by atoms with Crippen LogP contribution >= 0.6 is 12.0 Å². The molecule has 0 unspecified atom stereocenters. The van der Waals surface area contributed by atoms with E-state index in [9.17, 15) is 9.18 Å². The Bertz CT molecular complexity index is 362. The van der Waals surface area contributed by atoms with Crippen molar-refractivity contribution in [3.8, 4) is 0 Å². The number of hydrogen-bond acceptors (Lipinski definition) is 3. The van der Waals surface area contributed by atoms with Gasteiger partial charge in [0.25, 0.3) is 0 Å². The summed E-state index contributed by atoms with van der Waals surface area (Å²) in [5.41, 5.74) is 0.191. The van der Waals surface area contributed by atoms with Gasteiger partial charge in [-0.25, -0.2) is 9.18 Å². The van der Waals surface area contributed by atoms with E-state index in [1.165, 1.54) is 24.1 Å². The molecular weight excluding hydrogens is 231 g/mol. The summed E-state index contributed by atoms with van der Waals surface area (Å²) in [7, 11) is 1.48. The van der Waals surface area contributed by atoms with E-state index in [0.717, 1.165) is 12.0 Å². The molecule has 1 aromatic rings. The molecule has 6 heteroatoms. The van der Waals surface area contributed by atoms with Gasteiger partial charge in [-0.2, -0.15) is 0 Å². The summed E-state index contributed by atoms with van der Waals surface area (Å²) in [5, 5.41) is 2.43. The molecule has 0 saturated heterocycles. The second-order valence-electron chi connectivity index (χ2n) is 2.85. The summed E-state index contributed by atoms with van der Waals surface area (Å²) in [6, 6.07) is 5.63. The molecule has 0 atom stereocenters. The molecule has 1 N–H and O–H groups in total. The van der Waals surface area contributed by atoms with Gasteiger partial charge in [-0.1, -0.05) is 12.1 Å². The molecule has 2 amide bonds. The molecule has 0 heterocycles. The molecule has 0 fully saturated rings. The van der Waals surface area contributed by atoms with E-state index >= 15 is 0 Å². The number of rotatable bonds is 4. The highest BCUT2D eigenvalue weighted by atomic mass is 32.2. The number of benzene rings is 1. The third kappa shape index (κ3) is 3.11. The number of para-hydroxylation sites is 1. The fourth-order valence-electron chi connectivity index (χ4n) is 1.15. The van der Waals surface area contributed by atoms with Crippen LogP contribution in [0.25, 0.3) is 0 Å². The lowest BCUT2D eigenvalue weighted by atomic mass is 10.3. The number of carbonyl (C=O) groups excluding carboxylic acids is 1. The topological polar surface area (TPSA) is 41.6 Å². The van der Waals surface area contributed by atoms with Crippen LogP contribution in [0.3, 0.4) is 0 Å². The Kier molecular flexibility index (Phi) is 5.07. The number of halogens is 1. The smallest absolute Gasteiger partial charge is 0.323 e. The van der Waals surface area contributed by atoms with Gasteiger partial charge in [0, 0.05) is 13.3 Å². The van der Waals surface area contributed by atoms with E-state index in [2.05, 4.69) is 5.32 Å². The molecule has 4 nitrogen and oxygen atoms in total. The molecule has 0 saturated carbocycles. The summed E-state index contributed by atoms with van der Waals surface area (Å²) in [6.45, 7) is -0.0121. The third-order valence-electron chi connectivity index (χ3n) is 1.90. The second-order valence-corrected chi connectivity index (χ2v) is 3.42. The SMILES string of the molecule is CNC(=O)N(COSC)c1ccccc1F. The number of urea groups is 1. The van der Waals surface area contributed by atoms with Gasteiger partial charge in [0.1, 0.15) is 12.5 Å². The lowest BCUT2D eigenvalue weighted by Gasteiger charge is -2.21. The zero-order chi connectivity index (χ0) is 12.0. The minimum atomic E-state index is -0.462. The molecule has 1 aromatic carbocycles. The van der Waals surface area contributed by atoms with E-state index in [1.807, 2.05) is 0 Å². The van der Waals surface area contributed by atoms with E-state index in [1.54, 1.807) is 18.4 Å². The highest BCUT2D eigenvalue weighted by Gasteiger charge is 2.17. The highest BCUT2D eigenvalue weighted by Crippen LogP contribution is 2.19. The molecule has 1 rings (SSSR count). The Morgan fingerprint density at radius 1 is 1.56 bits per heavy atom. The summed E-state index contributed by atoms with van der Waals surface area (Å²) < 4.78 is 18.5. The van der Waals surface area contributed by atoms with Crippen LogP contribution in [-0.2, 0) is 4.18 Å². The minimum absolute atomic E-state index is 0.0121. The molecule has 0 radical (unpaired) electrons. The van der Waals surface area contributed by atoms with Gasteiger partial charge in [-0.15, -0.1) is 0 Å². The van der Waals surface area contributed by atoms with Crippen LogP contribution < -0.4 is 10.2 Å². The van der Waals surface area contributed by atoms with Crippen molar-refractivity contribution in [1.82, 2.24) is 5.32 Å². The predicted molar refractivity (Wildman–Crippen MR) is 62.8 cm³/mol. The Labute approximate surface area is 98.0 Å². The van der Waals surface area contributed by atoms with Gasteiger partial charge in [0.05, 0.1) is 5.69 Å². The summed E-state index contributed by atoms with van der Waals surface area (Å²) in [5.74, 6) is -0.462. The lowest BCUT2D eigenvalue weighted by Crippen LogP contribution is -2.39. The fraction of sp³-hybridized carbons (Fsp3) is 0.300. The van der Waals surface area contributed by atoms with E-state index in [0.29, 0.717) is 0 Å². The first kappa shape index (κ1) is 12.8. The maximum absolute atomic E-state index is 13.5. The summed E-state index contributed by atoms with van der Waals surface area (Å²) >= 11 is 1.11. The number of nitrogens with one attached hydrogen (secondary N) is 1. The monoisotopic (exact) mass is 244 g/mol. The Hall–Kier alpha value is -1.27. The number of anilines is 1. The molecule has 0 aliphatic carbocycles. The quantitative estimate of drug-likeness (QED) is 0.652. The van der Waals surface area contributed by atoms with Crippen LogP contribution in [0.1, 0.15) is 0 Å². The molecule has 0 aliphatic rings. The fourth-order valence-corrected chi connectivity index (χ4v) is 1.36. The third-order valence-corrected chi connectivity index (χ3v) is 2.24. The first-order valence-electron chi connectivity index (χ1n) is 4.60. The lowest BCUT2D eigenvalue weighted by molar-refractivity contribution is 0.241. The number of amides is 2. The number of hydrogen-bond donors (Lipinski definition) is 1. The van der Waals surface area contributed by atoms with Crippen molar-refractivity contribution < 1.29 is 13.4 Å². The average Bonchev–Trinajstić information content (AvgIpc) is 2.31. The molecule has 88 valence electrons. The van der Waals surface area contributed by atoms with Crippen molar-refractivity contribution in [2.45, 2.75) is 0 Å². The molecular formula is C10H13FN2O2S.